The van der Waals surface area contributed by atoms with Crippen LogP contribution in [-0.4, -0.2) is 23.3 Å². The van der Waals surface area contributed by atoms with Gasteiger partial charge < -0.3 is 9.84 Å². The summed E-state index contributed by atoms with van der Waals surface area (Å²) in [6, 6.07) is 0. The highest BCUT2D eigenvalue weighted by molar-refractivity contribution is 5.87. The number of carbonyl (C=O) groups excluding carboxylic acids is 1. The minimum absolute atomic E-state index is 0.164. The van der Waals surface area contributed by atoms with Gasteiger partial charge in [0.25, 0.3) is 0 Å². The molecule has 0 aromatic heterocycles. The number of aliphatic hydroxyl groups is 1. The lowest BCUT2D eigenvalue weighted by Gasteiger charge is -2.51. The predicted molar refractivity (Wildman–Crippen MR) is 92.8 cm³/mol. The highest BCUT2D eigenvalue weighted by Crippen LogP contribution is 2.53. The van der Waals surface area contributed by atoms with Crippen LogP contribution in [0.25, 0.3) is 0 Å². The van der Waals surface area contributed by atoms with Gasteiger partial charge in [0.05, 0.1) is 6.10 Å². The molecule has 1 saturated carbocycles. The molecule has 0 spiro atoms. The number of esters is 1. The molecular weight excluding hydrogens is 288 g/mol. The van der Waals surface area contributed by atoms with Crippen LogP contribution in [0, 0.1) is 17.3 Å². The maximum absolute atomic E-state index is 12.2. The standard InChI is InChI=1S/C20H30O3/c1-7-13(4)19(22)23-18-11-17(21)14(5)16-10-15(12(2)3)8-9-20(16,18)6/h7-8,12,16-18,21H,5,9-11H2,1-4,6H3. The van der Waals surface area contributed by atoms with Crippen LogP contribution < -0.4 is 0 Å². The molecule has 0 radical (unpaired) electrons. The van der Waals surface area contributed by atoms with E-state index >= 15 is 0 Å². The fraction of sp³-hybridized carbons (Fsp3) is 0.650. The number of fused-ring (bicyclic) bond motifs is 1. The molecule has 0 aromatic carbocycles. The van der Waals surface area contributed by atoms with Crippen LogP contribution in [0.15, 0.2) is 35.5 Å². The van der Waals surface area contributed by atoms with Gasteiger partial charge >= 0.3 is 5.97 Å². The van der Waals surface area contributed by atoms with Crippen LogP contribution in [-0.2, 0) is 9.53 Å². The normalized spacial score (nSPS) is 34.9. The number of hydrogen-bond donors (Lipinski definition) is 1. The highest BCUT2D eigenvalue weighted by Gasteiger charge is 2.51. The van der Waals surface area contributed by atoms with Crippen LogP contribution in [0.5, 0.6) is 0 Å². The van der Waals surface area contributed by atoms with Crippen molar-refractivity contribution in [3.8, 4) is 0 Å². The number of carbonyl (C=O) groups is 1. The fourth-order valence-electron chi connectivity index (χ4n) is 3.81. The molecule has 1 N–H and O–H groups in total. The molecule has 4 unspecified atom stereocenters. The van der Waals surface area contributed by atoms with Gasteiger partial charge in [-0.1, -0.05) is 45.1 Å². The molecule has 3 heteroatoms. The summed E-state index contributed by atoms with van der Waals surface area (Å²) >= 11 is 0. The smallest absolute Gasteiger partial charge is 0.333 e. The Kier molecular flexibility index (Phi) is 5.20. The average molecular weight is 318 g/mol. The zero-order valence-corrected chi connectivity index (χ0v) is 15.1. The van der Waals surface area contributed by atoms with Crippen molar-refractivity contribution in [3.63, 3.8) is 0 Å². The van der Waals surface area contributed by atoms with Gasteiger partial charge in [0, 0.05) is 17.4 Å². The van der Waals surface area contributed by atoms with Crippen LogP contribution in [0.4, 0.5) is 0 Å². The van der Waals surface area contributed by atoms with Gasteiger partial charge in [-0.25, -0.2) is 4.79 Å². The van der Waals surface area contributed by atoms with E-state index in [9.17, 15) is 9.90 Å². The van der Waals surface area contributed by atoms with Crippen LogP contribution in [0.2, 0.25) is 0 Å². The second-order valence-electron chi connectivity index (χ2n) is 7.59. The van der Waals surface area contributed by atoms with Crippen molar-refractivity contribution in [3.05, 3.63) is 35.5 Å². The van der Waals surface area contributed by atoms with E-state index < -0.39 is 6.10 Å². The Labute approximate surface area is 140 Å². The van der Waals surface area contributed by atoms with Crippen molar-refractivity contribution in [1.29, 1.82) is 0 Å². The monoisotopic (exact) mass is 318 g/mol. The van der Waals surface area contributed by atoms with E-state index in [2.05, 4.69) is 33.4 Å². The third kappa shape index (κ3) is 3.30. The molecule has 0 heterocycles. The molecule has 1 fully saturated rings. The largest absolute Gasteiger partial charge is 0.458 e. The lowest BCUT2D eigenvalue weighted by atomic mass is 9.56. The summed E-state index contributed by atoms with van der Waals surface area (Å²) in [6.45, 7) is 14.3. The van der Waals surface area contributed by atoms with Crippen LogP contribution in [0.1, 0.15) is 53.9 Å². The average Bonchev–Trinajstić information content (AvgIpc) is 2.51. The van der Waals surface area contributed by atoms with Crippen molar-refractivity contribution in [2.75, 3.05) is 0 Å². The van der Waals surface area contributed by atoms with Crippen LogP contribution >= 0.6 is 0 Å². The molecular formula is C20H30O3. The zero-order valence-electron chi connectivity index (χ0n) is 15.1. The molecule has 3 nitrogen and oxygen atoms in total. The molecule has 2 aliphatic carbocycles. The van der Waals surface area contributed by atoms with Gasteiger partial charge in [0.15, 0.2) is 0 Å². The Hall–Kier alpha value is -1.35. The van der Waals surface area contributed by atoms with E-state index in [-0.39, 0.29) is 23.4 Å². The predicted octanol–water partition coefficient (Wildman–Crippen LogP) is 4.18. The SMILES string of the molecule is C=C1C(O)CC(OC(=O)C(C)=CC)C2(C)CC=C(C(C)C)CC12. The lowest BCUT2D eigenvalue weighted by molar-refractivity contribution is -0.159. The Bertz CT molecular complexity index is 555. The molecule has 2 rings (SSSR count). The van der Waals surface area contributed by atoms with E-state index in [4.69, 9.17) is 4.74 Å². The Balaban J connectivity index is 2.31. The lowest BCUT2D eigenvalue weighted by Crippen LogP contribution is -2.51. The van der Waals surface area contributed by atoms with E-state index in [0.717, 1.165) is 18.4 Å². The topological polar surface area (TPSA) is 46.5 Å². The highest BCUT2D eigenvalue weighted by atomic mass is 16.5. The molecule has 0 aliphatic heterocycles. The second-order valence-corrected chi connectivity index (χ2v) is 7.59. The maximum atomic E-state index is 12.2. The van der Waals surface area contributed by atoms with Gasteiger partial charge in [-0.15, -0.1) is 0 Å². The van der Waals surface area contributed by atoms with E-state index in [1.807, 2.05) is 6.92 Å². The van der Waals surface area contributed by atoms with Crippen molar-refractivity contribution in [1.82, 2.24) is 0 Å². The third-order valence-electron chi connectivity index (χ3n) is 5.83. The summed E-state index contributed by atoms with van der Waals surface area (Å²) in [4.78, 5) is 12.2. The molecule has 23 heavy (non-hydrogen) atoms. The van der Waals surface area contributed by atoms with E-state index in [1.54, 1.807) is 13.0 Å². The summed E-state index contributed by atoms with van der Waals surface area (Å²) in [5.74, 6) is 0.380. The van der Waals surface area contributed by atoms with Gasteiger partial charge in [-0.05, 0) is 44.1 Å². The molecule has 2 aliphatic rings. The number of aliphatic hydroxyl groups excluding tert-OH is 1. The van der Waals surface area contributed by atoms with Gasteiger partial charge in [-0.3, -0.25) is 0 Å². The third-order valence-corrected chi connectivity index (χ3v) is 5.83. The van der Waals surface area contributed by atoms with Gasteiger partial charge in [0.2, 0.25) is 0 Å². The molecule has 0 bridgehead atoms. The first-order valence-corrected chi connectivity index (χ1v) is 8.60. The Morgan fingerprint density at radius 1 is 1.52 bits per heavy atom. The second kappa shape index (κ2) is 6.64. The number of rotatable bonds is 3. The molecule has 0 aromatic rings. The first-order valence-electron chi connectivity index (χ1n) is 8.60. The zero-order chi connectivity index (χ0) is 17.4. The first-order chi connectivity index (χ1) is 10.7. The summed E-state index contributed by atoms with van der Waals surface area (Å²) in [5, 5.41) is 10.4. The minimum Gasteiger partial charge on any atom is -0.458 e. The van der Waals surface area contributed by atoms with Crippen molar-refractivity contribution >= 4 is 5.97 Å². The summed E-state index contributed by atoms with van der Waals surface area (Å²) in [6.07, 6.45) is 5.40. The minimum atomic E-state index is -0.594. The van der Waals surface area contributed by atoms with Crippen molar-refractivity contribution in [2.24, 2.45) is 17.3 Å². The molecule has 128 valence electrons. The number of hydrogen-bond acceptors (Lipinski definition) is 3. The molecule has 0 amide bonds. The van der Waals surface area contributed by atoms with E-state index in [0.29, 0.717) is 17.9 Å². The molecule has 4 atom stereocenters. The van der Waals surface area contributed by atoms with Crippen molar-refractivity contribution in [2.45, 2.75) is 66.1 Å². The quantitative estimate of drug-likeness (QED) is 0.482. The van der Waals surface area contributed by atoms with E-state index in [1.165, 1.54) is 5.57 Å². The summed E-state index contributed by atoms with van der Waals surface area (Å²) in [7, 11) is 0. The Morgan fingerprint density at radius 3 is 2.74 bits per heavy atom. The number of ether oxygens (including phenoxy) is 1. The fourth-order valence-corrected chi connectivity index (χ4v) is 3.81. The van der Waals surface area contributed by atoms with Gasteiger partial charge in [0.1, 0.15) is 6.10 Å². The number of allylic oxidation sites excluding steroid dienone is 3. The maximum Gasteiger partial charge on any atom is 0.333 e. The molecule has 0 saturated heterocycles. The summed E-state index contributed by atoms with van der Waals surface area (Å²) in [5.41, 5.74) is 2.74. The summed E-state index contributed by atoms with van der Waals surface area (Å²) < 4.78 is 5.79. The first kappa shape index (κ1) is 18.0. The Morgan fingerprint density at radius 2 is 2.17 bits per heavy atom. The van der Waals surface area contributed by atoms with Crippen molar-refractivity contribution < 1.29 is 14.6 Å². The van der Waals surface area contributed by atoms with Crippen LogP contribution in [0.3, 0.4) is 0 Å². The van der Waals surface area contributed by atoms with Gasteiger partial charge in [-0.2, -0.15) is 0 Å².